The van der Waals surface area contributed by atoms with Crippen LogP contribution in [0.25, 0.3) is 0 Å². The third kappa shape index (κ3) is 1.88. The summed E-state index contributed by atoms with van der Waals surface area (Å²) in [7, 11) is 0. The Morgan fingerprint density at radius 3 is 2.67 bits per heavy atom. The van der Waals surface area contributed by atoms with Crippen molar-refractivity contribution < 1.29 is 15.0 Å². The minimum Gasteiger partial charge on any atom is -0.504 e. The molecule has 1 aromatic carbocycles. The molecule has 1 aliphatic carbocycles. The van der Waals surface area contributed by atoms with Crippen molar-refractivity contribution in [2.45, 2.75) is 25.3 Å². The molecular weight excluding hydrogens is 194 g/mol. The SMILES string of the molecule is O=C(NC1CCC1)c1cccc(O)c1O. The summed E-state index contributed by atoms with van der Waals surface area (Å²) in [6.07, 6.45) is 3.12. The molecule has 0 saturated heterocycles. The number of carbonyl (C=O) groups is 1. The standard InChI is InChI=1S/C11H13NO3/c13-9-6-2-5-8(10(9)14)11(15)12-7-3-1-4-7/h2,5-7,13-14H,1,3-4H2,(H,12,15). The van der Waals surface area contributed by atoms with Gasteiger partial charge in [0, 0.05) is 6.04 Å². The van der Waals surface area contributed by atoms with Gasteiger partial charge in [-0.3, -0.25) is 4.79 Å². The summed E-state index contributed by atoms with van der Waals surface area (Å²) >= 11 is 0. The minimum absolute atomic E-state index is 0.127. The summed E-state index contributed by atoms with van der Waals surface area (Å²) < 4.78 is 0. The molecule has 1 aliphatic rings. The third-order valence-corrected chi connectivity index (χ3v) is 2.70. The molecule has 0 aromatic heterocycles. The van der Waals surface area contributed by atoms with Crippen LogP contribution in [0.1, 0.15) is 29.6 Å². The average molecular weight is 207 g/mol. The number of carbonyl (C=O) groups excluding carboxylic acids is 1. The number of hydrogen-bond donors (Lipinski definition) is 3. The van der Waals surface area contributed by atoms with Gasteiger partial charge >= 0.3 is 0 Å². The van der Waals surface area contributed by atoms with E-state index < -0.39 is 0 Å². The van der Waals surface area contributed by atoms with Crippen molar-refractivity contribution in [1.29, 1.82) is 0 Å². The number of aromatic hydroxyl groups is 2. The number of rotatable bonds is 2. The van der Waals surface area contributed by atoms with Gasteiger partial charge in [0.15, 0.2) is 11.5 Å². The Bertz CT molecular complexity index is 385. The fourth-order valence-corrected chi connectivity index (χ4v) is 1.53. The fraction of sp³-hybridized carbons (Fsp3) is 0.364. The zero-order valence-corrected chi connectivity index (χ0v) is 8.23. The van der Waals surface area contributed by atoms with Gasteiger partial charge in [-0.15, -0.1) is 0 Å². The molecule has 0 radical (unpaired) electrons. The molecule has 0 unspecified atom stereocenters. The van der Waals surface area contributed by atoms with E-state index in [0.717, 1.165) is 19.3 Å². The van der Waals surface area contributed by atoms with Crippen LogP contribution in [0.2, 0.25) is 0 Å². The van der Waals surface area contributed by atoms with Crippen molar-refractivity contribution in [3.05, 3.63) is 23.8 Å². The monoisotopic (exact) mass is 207 g/mol. The van der Waals surface area contributed by atoms with E-state index >= 15 is 0 Å². The Balaban J connectivity index is 2.13. The van der Waals surface area contributed by atoms with Crippen LogP contribution in [0.5, 0.6) is 11.5 Å². The van der Waals surface area contributed by atoms with E-state index in [-0.39, 0.29) is 29.0 Å². The molecule has 0 atom stereocenters. The van der Waals surface area contributed by atoms with Crippen LogP contribution in [-0.4, -0.2) is 22.2 Å². The zero-order chi connectivity index (χ0) is 10.8. The van der Waals surface area contributed by atoms with E-state index in [2.05, 4.69) is 5.32 Å². The van der Waals surface area contributed by atoms with Crippen LogP contribution < -0.4 is 5.32 Å². The van der Waals surface area contributed by atoms with Crippen LogP contribution in [-0.2, 0) is 0 Å². The van der Waals surface area contributed by atoms with E-state index in [9.17, 15) is 15.0 Å². The quantitative estimate of drug-likeness (QED) is 0.642. The highest BCUT2D eigenvalue weighted by atomic mass is 16.3. The lowest BCUT2D eigenvalue weighted by Crippen LogP contribution is -2.39. The molecule has 80 valence electrons. The number of amides is 1. The second kappa shape index (κ2) is 3.81. The van der Waals surface area contributed by atoms with Crippen LogP contribution in [0.15, 0.2) is 18.2 Å². The molecule has 4 nitrogen and oxygen atoms in total. The zero-order valence-electron chi connectivity index (χ0n) is 8.23. The first kappa shape index (κ1) is 9.83. The number of hydrogen-bond acceptors (Lipinski definition) is 3. The van der Waals surface area contributed by atoms with Crippen molar-refractivity contribution in [2.75, 3.05) is 0 Å². The van der Waals surface area contributed by atoms with Gasteiger partial charge in [-0.2, -0.15) is 0 Å². The molecule has 1 aromatic rings. The predicted octanol–water partition coefficient (Wildman–Crippen LogP) is 1.38. The summed E-state index contributed by atoms with van der Waals surface area (Å²) in [6.45, 7) is 0. The molecular formula is C11H13NO3. The summed E-state index contributed by atoms with van der Waals surface area (Å²) in [5, 5.41) is 21.5. The van der Waals surface area contributed by atoms with Gasteiger partial charge < -0.3 is 15.5 Å². The third-order valence-electron chi connectivity index (χ3n) is 2.70. The lowest BCUT2D eigenvalue weighted by Gasteiger charge is -2.26. The first-order valence-electron chi connectivity index (χ1n) is 5.00. The molecule has 0 spiro atoms. The highest BCUT2D eigenvalue weighted by Crippen LogP contribution is 2.28. The van der Waals surface area contributed by atoms with Crippen molar-refractivity contribution in [1.82, 2.24) is 5.32 Å². The molecule has 15 heavy (non-hydrogen) atoms. The summed E-state index contributed by atoms with van der Waals surface area (Å²) in [6, 6.07) is 4.59. The molecule has 4 heteroatoms. The summed E-state index contributed by atoms with van der Waals surface area (Å²) in [4.78, 5) is 11.6. The van der Waals surface area contributed by atoms with Crippen LogP contribution in [0.3, 0.4) is 0 Å². The fourth-order valence-electron chi connectivity index (χ4n) is 1.53. The highest BCUT2D eigenvalue weighted by Gasteiger charge is 2.22. The number of benzene rings is 1. The second-order valence-electron chi connectivity index (χ2n) is 3.77. The Morgan fingerprint density at radius 1 is 1.33 bits per heavy atom. The maximum Gasteiger partial charge on any atom is 0.255 e. The molecule has 1 fully saturated rings. The average Bonchev–Trinajstić information content (AvgIpc) is 2.15. The van der Waals surface area contributed by atoms with Gasteiger partial charge in [-0.25, -0.2) is 0 Å². The number of para-hydroxylation sites is 1. The Labute approximate surface area is 87.6 Å². The van der Waals surface area contributed by atoms with Crippen LogP contribution in [0.4, 0.5) is 0 Å². The van der Waals surface area contributed by atoms with Gasteiger partial charge in [-0.05, 0) is 31.4 Å². The minimum atomic E-state index is -0.352. The smallest absolute Gasteiger partial charge is 0.255 e. The lowest BCUT2D eigenvalue weighted by molar-refractivity contribution is 0.0913. The van der Waals surface area contributed by atoms with E-state index in [0.29, 0.717) is 0 Å². The summed E-state index contributed by atoms with van der Waals surface area (Å²) in [5.74, 6) is -0.946. The largest absolute Gasteiger partial charge is 0.504 e. The molecule has 2 rings (SSSR count). The van der Waals surface area contributed by atoms with Gasteiger partial charge in [0.1, 0.15) is 0 Å². The molecule has 0 bridgehead atoms. The molecule has 0 aliphatic heterocycles. The first-order valence-corrected chi connectivity index (χ1v) is 5.00. The molecule has 1 amide bonds. The van der Waals surface area contributed by atoms with E-state index in [1.165, 1.54) is 18.2 Å². The number of phenolic OH excluding ortho intramolecular Hbond substituents is 2. The topological polar surface area (TPSA) is 69.6 Å². The Hall–Kier alpha value is -1.71. The van der Waals surface area contributed by atoms with Crippen molar-refractivity contribution in [3.63, 3.8) is 0 Å². The van der Waals surface area contributed by atoms with Crippen LogP contribution in [0, 0.1) is 0 Å². The summed E-state index contributed by atoms with van der Waals surface area (Å²) in [5.41, 5.74) is 0.127. The molecule has 0 heterocycles. The van der Waals surface area contributed by atoms with Gasteiger partial charge in [0.25, 0.3) is 5.91 Å². The predicted molar refractivity (Wildman–Crippen MR) is 54.9 cm³/mol. The number of nitrogens with one attached hydrogen (secondary N) is 1. The van der Waals surface area contributed by atoms with Gasteiger partial charge in [0.05, 0.1) is 5.56 Å². The maximum atomic E-state index is 11.6. The van der Waals surface area contributed by atoms with E-state index in [4.69, 9.17) is 0 Å². The highest BCUT2D eigenvalue weighted by molar-refractivity contribution is 5.97. The van der Waals surface area contributed by atoms with Crippen molar-refractivity contribution >= 4 is 5.91 Å². The maximum absolute atomic E-state index is 11.6. The van der Waals surface area contributed by atoms with Crippen molar-refractivity contribution in [2.24, 2.45) is 0 Å². The lowest BCUT2D eigenvalue weighted by atomic mass is 9.93. The van der Waals surface area contributed by atoms with E-state index in [1.807, 2.05) is 0 Å². The van der Waals surface area contributed by atoms with E-state index in [1.54, 1.807) is 0 Å². The van der Waals surface area contributed by atoms with Gasteiger partial charge in [-0.1, -0.05) is 6.07 Å². The van der Waals surface area contributed by atoms with Crippen LogP contribution >= 0.6 is 0 Å². The number of phenols is 2. The van der Waals surface area contributed by atoms with Crippen molar-refractivity contribution in [3.8, 4) is 11.5 Å². The molecule has 1 saturated carbocycles. The molecule has 3 N–H and O–H groups in total. The Morgan fingerprint density at radius 2 is 2.07 bits per heavy atom. The van der Waals surface area contributed by atoms with Gasteiger partial charge in [0.2, 0.25) is 0 Å². The normalized spacial score (nSPS) is 15.7. The first-order chi connectivity index (χ1) is 7.18. The second-order valence-corrected chi connectivity index (χ2v) is 3.77. The Kier molecular flexibility index (Phi) is 2.49.